The first-order chi connectivity index (χ1) is 17.6. The number of benzene rings is 2. The molecule has 1 amide bonds. The molecule has 1 saturated heterocycles. The normalized spacial score (nSPS) is 18.0. The first-order valence-corrected chi connectivity index (χ1v) is 12.6. The van der Waals surface area contributed by atoms with Crippen LogP contribution in [-0.4, -0.2) is 50.9 Å². The van der Waals surface area contributed by atoms with Gasteiger partial charge in [-0.3, -0.25) is 19.6 Å². The van der Waals surface area contributed by atoms with Crippen LogP contribution in [0.15, 0.2) is 73.2 Å². The first kappa shape index (κ1) is 22.8. The second-order valence-corrected chi connectivity index (χ2v) is 10.1. The molecule has 2 aromatic carbocycles. The van der Waals surface area contributed by atoms with Crippen LogP contribution < -0.4 is 10.5 Å². The number of rotatable bonds is 5. The molecule has 36 heavy (non-hydrogen) atoms. The lowest BCUT2D eigenvalue weighted by Gasteiger charge is -2.43. The average Bonchev–Trinajstić information content (AvgIpc) is 3.22. The van der Waals surface area contributed by atoms with E-state index in [9.17, 15) is 4.79 Å². The molecule has 7 heteroatoms. The number of piperidine rings is 1. The summed E-state index contributed by atoms with van der Waals surface area (Å²) >= 11 is 0. The Hall–Kier alpha value is -3.68. The summed E-state index contributed by atoms with van der Waals surface area (Å²) < 4.78 is 6.81. The van der Waals surface area contributed by atoms with E-state index in [0.717, 1.165) is 68.9 Å². The van der Waals surface area contributed by atoms with Gasteiger partial charge in [-0.05, 0) is 35.4 Å². The van der Waals surface area contributed by atoms with Gasteiger partial charge in [-0.2, -0.15) is 0 Å². The Labute approximate surface area is 210 Å². The number of aromatic amines is 1. The number of para-hydroxylation sites is 1. The topological polar surface area (TPSA) is 87.5 Å². The van der Waals surface area contributed by atoms with Crippen LogP contribution in [0.25, 0.3) is 10.9 Å². The molecule has 0 radical (unpaired) electrons. The molecule has 4 heterocycles. The third kappa shape index (κ3) is 4.59. The fourth-order valence-electron chi connectivity index (χ4n) is 5.68. The summed E-state index contributed by atoms with van der Waals surface area (Å²) in [6.07, 6.45) is 7.77. The number of nitrogens with zero attached hydrogens (tertiary/aromatic N) is 3. The number of hydrogen-bond donors (Lipinski definition) is 2. The van der Waals surface area contributed by atoms with Gasteiger partial charge in [0.05, 0.1) is 11.7 Å². The molecule has 6 rings (SSSR count). The van der Waals surface area contributed by atoms with Crippen LogP contribution in [0.3, 0.4) is 0 Å². The number of nitrogens with one attached hydrogen (secondary N) is 1. The Balaban J connectivity index is 1.20. The molecule has 1 spiro atoms. The van der Waals surface area contributed by atoms with Crippen LogP contribution in [0, 0.1) is 0 Å². The molecule has 7 nitrogen and oxygen atoms in total. The van der Waals surface area contributed by atoms with E-state index in [1.54, 1.807) is 6.07 Å². The molecule has 3 N–H and O–H groups in total. The smallest absolute Gasteiger partial charge is 0.248 e. The van der Waals surface area contributed by atoms with Gasteiger partial charge in [0.15, 0.2) is 0 Å². The highest BCUT2D eigenvalue weighted by Crippen LogP contribution is 2.36. The zero-order chi connectivity index (χ0) is 24.5. The molecule has 2 aromatic heterocycles. The predicted molar refractivity (Wildman–Crippen MR) is 139 cm³/mol. The number of pyridine rings is 1. The number of carbonyl (C=O) groups excluding carboxylic acids is 1. The zero-order valence-electron chi connectivity index (χ0n) is 20.3. The number of ether oxygens (including phenoxy) is 1. The van der Waals surface area contributed by atoms with Crippen molar-refractivity contribution in [2.45, 2.75) is 38.1 Å². The van der Waals surface area contributed by atoms with E-state index in [-0.39, 0.29) is 5.60 Å². The lowest BCUT2D eigenvalue weighted by molar-refractivity contribution is -0.0213. The standard InChI is InChI=1S/C29H31N5O2/c30-28(35)22-6-3-4-21(14-22)17-34-18-23-5-1-2-7-27(23)36-29(20-34)9-12-33(13-10-29)19-24-15-32-26-16-31-11-8-25(24)26/h1-8,11,14-16,32H,9-10,12-13,17-20H2,(H2,30,35). The van der Waals surface area contributed by atoms with Gasteiger partial charge >= 0.3 is 0 Å². The van der Waals surface area contributed by atoms with Gasteiger partial charge in [0.2, 0.25) is 5.91 Å². The van der Waals surface area contributed by atoms with Gasteiger partial charge in [-0.25, -0.2) is 0 Å². The first-order valence-electron chi connectivity index (χ1n) is 12.6. The van der Waals surface area contributed by atoms with E-state index in [4.69, 9.17) is 10.5 Å². The molecular formula is C29H31N5O2. The molecule has 0 aliphatic carbocycles. The zero-order valence-corrected chi connectivity index (χ0v) is 20.3. The van der Waals surface area contributed by atoms with Crippen LogP contribution in [0.5, 0.6) is 5.75 Å². The molecule has 2 aliphatic heterocycles. The van der Waals surface area contributed by atoms with E-state index in [1.807, 2.05) is 24.5 Å². The highest BCUT2D eigenvalue weighted by Gasteiger charge is 2.40. The molecule has 0 atom stereocenters. The second kappa shape index (κ2) is 9.41. The summed E-state index contributed by atoms with van der Waals surface area (Å²) in [5.41, 5.74) is 10.5. The molecule has 184 valence electrons. The number of likely N-dealkylation sites (tertiary alicyclic amines) is 1. The Morgan fingerprint density at radius 3 is 2.78 bits per heavy atom. The monoisotopic (exact) mass is 481 g/mol. The minimum Gasteiger partial charge on any atom is -0.486 e. The highest BCUT2D eigenvalue weighted by molar-refractivity contribution is 5.92. The van der Waals surface area contributed by atoms with E-state index in [0.29, 0.717) is 5.56 Å². The number of H-pyrrole nitrogens is 1. The Bertz CT molecular complexity index is 1390. The van der Waals surface area contributed by atoms with Crippen molar-refractivity contribution in [1.82, 2.24) is 19.8 Å². The fraction of sp³-hybridized carbons (Fsp3) is 0.310. The summed E-state index contributed by atoms with van der Waals surface area (Å²) in [5, 5.41) is 1.24. The molecule has 1 fully saturated rings. The minimum atomic E-state index is -0.392. The Morgan fingerprint density at radius 2 is 1.92 bits per heavy atom. The van der Waals surface area contributed by atoms with Crippen molar-refractivity contribution >= 4 is 16.8 Å². The summed E-state index contributed by atoms with van der Waals surface area (Å²) in [5.74, 6) is 0.597. The quantitative estimate of drug-likeness (QED) is 0.448. The number of amides is 1. The van der Waals surface area contributed by atoms with Crippen molar-refractivity contribution in [3.8, 4) is 5.75 Å². The number of hydrogen-bond acceptors (Lipinski definition) is 5. The summed E-state index contributed by atoms with van der Waals surface area (Å²) in [6, 6.07) is 18.1. The molecule has 4 aromatic rings. The van der Waals surface area contributed by atoms with Crippen LogP contribution in [0.4, 0.5) is 0 Å². The summed E-state index contributed by atoms with van der Waals surface area (Å²) in [4.78, 5) is 24.2. The number of aromatic nitrogens is 2. The van der Waals surface area contributed by atoms with Crippen LogP contribution in [-0.2, 0) is 19.6 Å². The van der Waals surface area contributed by atoms with Crippen molar-refractivity contribution < 1.29 is 9.53 Å². The van der Waals surface area contributed by atoms with Gasteiger partial charge in [0.1, 0.15) is 11.4 Å². The summed E-state index contributed by atoms with van der Waals surface area (Å²) in [6.45, 7) is 5.27. The minimum absolute atomic E-state index is 0.242. The molecular weight excluding hydrogens is 450 g/mol. The van der Waals surface area contributed by atoms with Gasteiger partial charge in [-0.15, -0.1) is 0 Å². The van der Waals surface area contributed by atoms with E-state index in [1.165, 1.54) is 16.5 Å². The van der Waals surface area contributed by atoms with Crippen molar-refractivity contribution in [2.24, 2.45) is 5.73 Å². The lowest BCUT2D eigenvalue weighted by Crippen LogP contribution is -2.53. The Kier molecular flexibility index (Phi) is 5.95. The fourth-order valence-corrected chi connectivity index (χ4v) is 5.68. The number of nitrogens with two attached hydrogens (primary N) is 1. The maximum Gasteiger partial charge on any atom is 0.248 e. The summed E-state index contributed by atoms with van der Waals surface area (Å²) in [7, 11) is 0. The van der Waals surface area contributed by atoms with E-state index >= 15 is 0 Å². The van der Waals surface area contributed by atoms with Crippen molar-refractivity contribution in [2.75, 3.05) is 19.6 Å². The third-order valence-electron chi connectivity index (χ3n) is 7.55. The lowest BCUT2D eigenvalue weighted by atomic mass is 9.90. The van der Waals surface area contributed by atoms with Crippen LogP contribution in [0.2, 0.25) is 0 Å². The highest BCUT2D eigenvalue weighted by atomic mass is 16.5. The average molecular weight is 482 g/mol. The largest absolute Gasteiger partial charge is 0.486 e. The molecule has 2 aliphatic rings. The number of primary amides is 1. The van der Waals surface area contributed by atoms with E-state index in [2.05, 4.69) is 62.4 Å². The van der Waals surface area contributed by atoms with Gasteiger partial charge < -0.3 is 15.5 Å². The van der Waals surface area contributed by atoms with Crippen molar-refractivity contribution in [1.29, 1.82) is 0 Å². The second-order valence-electron chi connectivity index (χ2n) is 10.1. The maximum absolute atomic E-state index is 11.7. The molecule has 0 unspecified atom stereocenters. The van der Waals surface area contributed by atoms with Crippen LogP contribution >= 0.6 is 0 Å². The Morgan fingerprint density at radius 1 is 1.06 bits per heavy atom. The SMILES string of the molecule is NC(=O)c1cccc(CN2Cc3ccccc3OC3(CCN(Cc4c[nH]c5cnccc45)CC3)C2)c1. The predicted octanol–water partition coefficient (Wildman–Crippen LogP) is 4.09. The van der Waals surface area contributed by atoms with Gasteiger partial charge in [0, 0.05) is 81.0 Å². The third-order valence-corrected chi connectivity index (χ3v) is 7.55. The van der Waals surface area contributed by atoms with Crippen LogP contribution in [0.1, 0.15) is 39.9 Å². The molecule has 0 bridgehead atoms. The van der Waals surface area contributed by atoms with Crippen molar-refractivity contribution in [3.63, 3.8) is 0 Å². The maximum atomic E-state index is 11.7. The van der Waals surface area contributed by atoms with Gasteiger partial charge in [0.25, 0.3) is 0 Å². The van der Waals surface area contributed by atoms with E-state index < -0.39 is 5.91 Å². The van der Waals surface area contributed by atoms with Crippen molar-refractivity contribution in [3.05, 3.63) is 95.4 Å². The number of carbonyl (C=O) groups is 1. The van der Waals surface area contributed by atoms with Gasteiger partial charge in [-0.1, -0.05) is 30.3 Å². The number of fused-ring (bicyclic) bond motifs is 2. The molecule has 0 saturated carbocycles.